The first-order valence-corrected chi connectivity index (χ1v) is 9.33. The number of amides is 2. The quantitative estimate of drug-likeness (QED) is 0.792. The molecule has 0 fully saturated rings. The van der Waals surface area contributed by atoms with E-state index < -0.39 is 11.8 Å². The number of thioether (sulfide) groups is 1. The molecule has 0 spiro atoms. The molecule has 1 aromatic heterocycles. The van der Waals surface area contributed by atoms with E-state index >= 15 is 0 Å². The van der Waals surface area contributed by atoms with Crippen molar-refractivity contribution >= 4 is 29.3 Å². The number of rotatable bonds is 4. The van der Waals surface area contributed by atoms with E-state index in [0.29, 0.717) is 28.6 Å². The predicted molar refractivity (Wildman–Crippen MR) is 100 cm³/mol. The molecule has 0 saturated heterocycles. The van der Waals surface area contributed by atoms with Crippen molar-refractivity contribution in [3.05, 3.63) is 51.4 Å². The number of nitrogens with one attached hydrogen (secondary N) is 1. The third-order valence-electron chi connectivity index (χ3n) is 4.43. The van der Waals surface area contributed by atoms with Crippen LogP contribution in [0.1, 0.15) is 28.5 Å². The van der Waals surface area contributed by atoms with Gasteiger partial charge in [0.2, 0.25) is 5.91 Å². The lowest BCUT2D eigenvalue weighted by atomic mass is 10.1. The van der Waals surface area contributed by atoms with E-state index in [0.717, 1.165) is 5.69 Å². The Morgan fingerprint density at radius 3 is 2.81 bits per heavy atom. The van der Waals surface area contributed by atoms with Crippen molar-refractivity contribution in [2.45, 2.75) is 32.0 Å². The maximum Gasteiger partial charge on any atom is 0.257 e. The van der Waals surface area contributed by atoms with E-state index in [4.69, 9.17) is 5.73 Å². The highest BCUT2D eigenvalue weighted by Crippen LogP contribution is 2.27. The van der Waals surface area contributed by atoms with E-state index in [1.165, 1.54) is 11.8 Å². The van der Waals surface area contributed by atoms with Crippen molar-refractivity contribution in [3.63, 3.8) is 0 Å². The Morgan fingerprint density at radius 2 is 2.12 bits per heavy atom. The summed E-state index contributed by atoms with van der Waals surface area (Å²) >= 11 is 1.39. The molecule has 1 unspecified atom stereocenters. The fourth-order valence-electron chi connectivity index (χ4n) is 3.00. The number of aryl methyl sites for hydroxylation is 1. The fourth-order valence-corrected chi connectivity index (χ4v) is 4.12. The van der Waals surface area contributed by atoms with Crippen LogP contribution in [-0.4, -0.2) is 27.1 Å². The average molecular weight is 372 g/mol. The smallest absolute Gasteiger partial charge is 0.257 e. The summed E-state index contributed by atoms with van der Waals surface area (Å²) in [5, 5.41) is 3.41. The van der Waals surface area contributed by atoms with Crippen LogP contribution in [0.5, 0.6) is 0 Å². The molecule has 0 bridgehead atoms. The van der Waals surface area contributed by atoms with Gasteiger partial charge in [0.1, 0.15) is 0 Å². The topological polar surface area (TPSA) is 107 Å². The number of hydrogen-bond donors (Lipinski definition) is 2. The normalized spacial score (nSPS) is 16.0. The molecule has 2 amide bonds. The first-order chi connectivity index (χ1) is 12.4. The second-order valence-electron chi connectivity index (χ2n) is 6.13. The summed E-state index contributed by atoms with van der Waals surface area (Å²) in [5.41, 5.74) is 7.32. The molecule has 7 nitrogen and oxygen atoms in total. The molecule has 1 aliphatic heterocycles. The van der Waals surface area contributed by atoms with Gasteiger partial charge in [0.15, 0.2) is 5.16 Å². The molecule has 2 aromatic rings. The van der Waals surface area contributed by atoms with Crippen LogP contribution in [0.3, 0.4) is 0 Å². The number of benzene rings is 1. The summed E-state index contributed by atoms with van der Waals surface area (Å²) in [7, 11) is 0. The minimum Gasteiger partial charge on any atom is -0.366 e. The van der Waals surface area contributed by atoms with Gasteiger partial charge in [-0.2, -0.15) is 0 Å². The van der Waals surface area contributed by atoms with Crippen molar-refractivity contribution in [2.24, 2.45) is 11.7 Å². The molecule has 136 valence electrons. The molecule has 8 heteroatoms. The van der Waals surface area contributed by atoms with Crippen LogP contribution in [0.4, 0.5) is 5.69 Å². The van der Waals surface area contributed by atoms with Crippen LogP contribution in [-0.2, 0) is 17.8 Å². The van der Waals surface area contributed by atoms with Gasteiger partial charge in [-0.15, -0.1) is 0 Å². The lowest BCUT2D eigenvalue weighted by Gasteiger charge is -2.25. The van der Waals surface area contributed by atoms with Crippen molar-refractivity contribution in [1.82, 2.24) is 9.55 Å². The average Bonchev–Trinajstić information content (AvgIpc) is 2.62. The fraction of sp³-hybridized carbons (Fsp3) is 0.333. The highest BCUT2D eigenvalue weighted by molar-refractivity contribution is 7.99. The van der Waals surface area contributed by atoms with Gasteiger partial charge < -0.3 is 11.1 Å². The third kappa shape index (κ3) is 3.37. The van der Waals surface area contributed by atoms with Gasteiger partial charge in [-0.3, -0.25) is 19.0 Å². The van der Waals surface area contributed by atoms with Crippen LogP contribution < -0.4 is 16.6 Å². The van der Waals surface area contributed by atoms with Gasteiger partial charge >= 0.3 is 0 Å². The van der Waals surface area contributed by atoms with Crippen molar-refractivity contribution in [3.8, 4) is 0 Å². The summed E-state index contributed by atoms with van der Waals surface area (Å²) in [5.74, 6) is -0.738. The Morgan fingerprint density at radius 1 is 1.38 bits per heavy atom. The number of aromatic nitrogens is 2. The molecule has 3 N–H and O–H groups in total. The Kier molecular flexibility index (Phi) is 5.13. The van der Waals surface area contributed by atoms with Crippen LogP contribution in [0.2, 0.25) is 0 Å². The zero-order chi connectivity index (χ0) is 18.8. The zero-order valence-corrected chi connectivity index (χ0v) is 15.4. The molecule has 2 heterocycles. The van der Waals surface area contributed by atoms with Gasteiger partial charge in [0.25, 0.3) is 11.5 Å². The van der Waals surface area contributed by atoms with Gasteiger partial charge in [0, 0.05) is 23.6 Å². The summed E-state index contributed by atoms with van der Waals surface area (Å²) in [4.78, 5) is 41.3. The predicted octanol–water partition coefficient (Wildman–Crippen LogP) is 1.57. The number of nitrogens with zero attached hydrogens (tertiary/aromatic N) is 2. The Labute approximate surface area is 155 Å². The number of fused-ring (bicyclic) bond motifs is 1. The molecular weight excluding hydrogens is 352 g/mol. The summed E-state index contributed by atoms with van der Waals surface area (Å²) in [6, 6.07) is 6.60. The SMILES string of the molecule is CCc1c(C)nc2n(c1=O)CC(C(=O)Nc1ccccc1C(N)=O)CS2. The Bertz CT molecular complexity index is 939. The number of para-hydroxylation sites is 1. The molecule has 1 aliphatic rings. The molecule has 3 rings (SSSR count). The molecule has 26 heavy (non-hydrogen) atoms. The van der Waals surface area contributed by atoms with E-state index in [1.807, 2.05) is 13.8 Å². The minimum absolute atomic E-state index is 0.0856. The second kappa shape index (κ2) is 7.33. The molecular formula is C18H20N4O3S. The monoisotopic (exact) mass is 372 g/mol. The van der Waals surface area contributed by atoms with E-state index in [1.54, 1.807) is 28.8 Å². The molecule has 0 radical (unpaired) electrons. The lowest BCUT2D eigenvalue weighted by molar-refractivity contribution is -0.119. The van der Waals surface area contributed by atoms with Crippen molar-refractivity contribution in [1.29, 1.82) is 0 Å². The Balaban J connectivity index is 1.84. The van der Waals surface area contributed by atoms with Crippen molar-refractivity contribution in [2.75, 3.05) is 11.1 Å². The molecule has 1 aromatic carbocycles. The number of primary amides is 1. The van der Waals surface area contributed by atoms with Crippen LogP contribution in [0.25, 0.3) is 0 Å². The molecule has 0 aliphatic carbocycles. The van der Waals surface area contributed by atoms with E-state index in [-0.39, 0.29) is 23.6 Å². The second-order valence-corrected chi connectivity index (χ2v) is 7.12. The first kappa shape index (κ1) is 18.2. The number of nitrogens with two attached hydrogens (primary N) is 1. The third-order valence-corrected chi connectivity index (χ3v) is 5.56. The van der Waals surface area contributed by atoms with Gasteiger partial charge in [0.05, 0.1) is 17.2 Å². The van der Waals surface area contributed by atoms with Crippen molar-refractivity contribution < 1.29 is 9.59 Å². The zero-order valence-electron chi connectivity index (χ0n) is 14.6. The van der Waals surface area contributed by atoms with E-state index in [2.05, 4.69) is 10.3 Å². The number of carbonyl (C=O) groups excluding carboxylic acids is 2. The first-order valence-electron chi connectivity index (χ1n) is 8.35. The standard InChI is InChI=1S/C18H20N4O3S/c1-3-12-10(2)20-18-22(17(12)25)8-11(9-26-18)16(24)21-14-7-5-4-6-13(14)15(19)23/h4-7,11H,3,8-9H2,1-2H3,(H2,19,23)(H,21,24). The number of hydrogen-bond acceptors (Lipinski definition) is 5. The number of carbonyl (C=O) groups is 2. The van der Waals surface area contributed by atoms with Crippen LogP contribution in [0.15, 0.2) is 34.2 Å². The molecule has 1 atom stereocenters. The highest BCUT2D eigenvalue weighted by atomic mass is 32.2. The molecule has 0 saturated carbocycles. The lowest BCUT2D eigenvalue weighted by Crippen LogP contribution is -2.38. The van der Waals surface area contributed by atoms with Gasteiger partial charge in [-0.05, 0) is 25.5 Å². The minimum atomic E-state index is -0.604. The summed E-state index contributed by atoms with van der Waals surface area (Å²) in [6.07, 6.45) is 0.603. The van der Waals surface area contributed by atoms with Gasteiger partial charge in [-0.1, -0.05) is 30.8 Å². The van der Waals surface area contributed by atoms with Gasteiger partial charge in [-0.25, -0.2) is 4.98 Å². The van der Waals surface area contributed by atoms with Crippen LogP contribution in [0, 0.1) is 12.8 Å². The Hall–Kier alpha value is -2.61. The maximum atomic E-state index is 12.7. The van der Waals surface area contributed by atoms with E-state index in [9.17, 15) is 14.4 Å². The highest BCUT2D eigenvalue weighted by Gasteiger charge is 2.28. The van der Waals surface area contributed by atoms with Crippen LogP contribution >= 0.6 is 11.8 Å². The number of anilines is 1. The summed E-state index contributed by atoms with van der Waals surface area (Å²) in [6.45, 7) is 4.02. The largest absolute Gasteiger partial charge is 0.366 e. The summed E-state index contributed by atoms with van der Waals surface area (Å²) < 4.78 is 1.57. The maximum absolute atomic E-state index is 12.7.